The molecule has 7 heteroatoms. The van der Waals surface area contributed by atoms with Gasteiger partial charge in [-0.05, 0) is 12.1 Å². The molecule has 5 nitrogen and oxygen atoms in total. The minimum Gasteiger partial charge on any atom is -0.296 e. The number of hydrogen-bond donors (Lipinski definition) is 2. The summed E-state index contributed by atoms with van der Waals surface area (Å²) in [5.74, 6) is -2.00. The molecule has 0 bridgehead atoms. The molecule has 1 amide bonds. The molecule has 1 aromatic rings. The van der Waals surface area contributed by atoms with Crippen molar-refractivity contribution in [3.8, 4) is 0 Å². The Morgan fingerprint density at radius 3 is 2.29 bits per heavy atom. The normalized spacial score (nSPS) is 16.2. The van der Waals surface area contributed by atoms with Gasteiger partial charge >= 0.3 is 0 Å². The summed E-state index contributed by atoms with van der Waals surface area (Å²) >= 11 is 11.8. The van der Waals surface area contributed by atoms with Gasteiger partial charge in [-0.3, -0.25) is 15.8 Å². The first-order valence-corrected chi connectivity index (χ1v) is 5.42. The molecule has 0 aliphatic carbocycles. The van der Waals surface area contributed by atoms with Gasteiger partial charge in [-0.1, -0.05) is 29.3 Å². The van der Waals surface area contributed by atoms with Gasteiger partial charge in [-0.25, -0.2) is 9.98 Å². The fourth-order valence-electron chi connectivity index (χ4n) is 1.34. The lowest BCUT2D eigenvalue weighted by Gasteiger charge is -2.19. The molecule has 0 fully saturated rings. The summed E-state index contributed by atoms with van der Waals surface area (Å²) in [5.41, 5.74) is 5.83. The molecule has 3 N–H and O–H groups in total. The lowest BCUT2D eigenvalue weighted by atomic mass is 10.2. The zero-order valence-electron chi connectivity index (χ0n) is 8.52. The van der Waals surface area contributed by atoms with Gasteiger partial charge in [-0.2, -0.15) is 0 Å². The van der Waals surface area contributed by atoms with Crippen molar-refractivity contribution in [2.45, 2.75) is 5.91 Å². The highest BCUT2D eigenvalue weighted by atomic mass is 35.5. The Hall–Kier alpha value is -1.43. The number of rotatable bonds is 2. The summed E-state index contributed by atoms with van der Waals surface area (Å²) in [7, 11) is 0. The number of amides is 1. The van der Waals surface area contributed by atoms with Crippen molar-refractivity contribution in [1.29, 1.82) is 0 Å². The van der Waals surface area contributed by atoms with Crippen molar-refractivity contribution < 1.29 is 4.79 Å². The van der Waals surface area contributed by atoms with Crippen molar-refractivity contribution in [2.75, 3.05) is 0 Å². The number of carbonyl (C=O) groups excluding carboxylic acids is 1. The SMILES string of the molecule is NC1(NC(=O)c2c(Cl)cccc2Cl)N=CC=N1. The number of carbonyl (C=O) groups is 1. The summed E-state index contributed by atoms with van der Waals surface area (Å²) in [6.07, 6.45) is 2.79. The molecule has 0 unspecified atom stereocenters. The molecule has 1 aromatic carbocycles. The number of aliphatic imine (C=N–C) groups is 2. The first-order chi connectivity index (χ1) is 8.02. The Morgan fingerprint density at radius 2 is 1.76 bits per heavy atom. The Bertz CT molecular complexity index is 495. The Morgan fingerprint density at radius 1 is 1.24 bits per heavy atom. The quantitative estimate of drug-likeness (QED) is 0.798. The van der Waals surface area contributed by atoms with Crippen LogP contribution in [0.2, 0.25) is 10.0 Å². The van der Waals surface area contributed by atoms with E-state index in [1.165, 1.54) is 12.4 Å². The second kappa shape index (κ2) is 4.44. The van der Waals surface area contributed by atoms with E-state index in [0.29, 0.717) is 0 Å². The van der Waals surface area contributed by atoms with Gasteiger partial charge in [0.25, 0.3) is 11.8 Å². The molecule has 0 spiro atoms. The topological polar surface area (TPSA) is 79.8 Å². The molecule has 0 aromatic heterocycles. The van der Waals surface area contributed by atoms with Crippen LogP contribution in [0.5, 0.6) is 0 Å². The molecule has 88 valence electrons. The van der Waals surface area contributed by atoms with E-state index in [4.69, 9.17) is 28.9 Å². The minimum absolute atomic E-state index is 0.151. The molecule has 0 saturated carbocycles. The predicted octanol–water partition coefficient (Wildman–Crippen LogP) is 1.45. The number of halogens is 2. The van der Waals surface area contributed by atoms with E-state index < -0.39 is 11.8 Å². The summed E-state index contributed by atoms with van der Waals surface area (Å²) in [6.45, 7) is 0. The number of nitrogens with one attached hydrogen (secondary N) is 1. The molecular weight excluding hydrogens is 263 g/mol. The fourth-order valence-corrected chi connectivity index (χ4v) is 1.91. The van der Waals surface area contributed by atoms with Crippen molar-refractivity contribution in [1.82, 2.24) is 5.32 Å². The van der Waals surface area contributed by atoms with Crippen LogP contribution < -0.4 is 11.1 Å². The van der Waals surface area contributed by atoms with Crippen LogP contribution in [0.25, 0.3) is 0 Å². The van der Waals surface area contributed by atoms with Gasteiger partial charge in [0, 0.05) is 12.4 Å². The number of nitrogens with two attached hydrogens (primary N) is 1. The van der Waals surface area contributed by atoms with Crippen LogP contribution in [0.4, 0.5) is 0 Å². The van der Waals surface area contributed by atoms with E-state index in [0.717, 1.165) is 0 Å². The van der Waals surface area contributed by atoms with Crippen LogP contribution >= 0.6 is 23.2 Å². The Balaban J connectivity index is 2.27. The molecule has 1 aliphatic rings. The van der Waals surface area contributed by atoms with Gasteiger partial charge in [0.1, 0.15) is 0 Å². The van der Waals surface area contributed by atoms with E-state index in [1.54, 1.807) is 18.2 Å². The van der Waals surface area contributed by atoms with E-state index >= 15 is 0 Å². The van der Waals surface area contributed by atoms with Crippen molar-refractivity contribution in [3.05, 3.63) is 33.8 Å². The van der Waals surface area contributed by atoms with Crippen molar-refractivity contribution in [2.24, 2.45) is 15.7 Å². The van der Waals surface area contributed by atoms with Gasteiger partial charge < -0.3 is 0 Å². The smallest absolute Gasteiger partial charge is 0.286 e. The highest BCUT2D eigenvalue weighted by Crippen LogP contribution is 2.24. The molecule has 17 heavy (non-hydrogen) atoms. The molecule has 0 atom stereocenters. The van der Waals surface area contributed by atoms with Crippen molar-refractivity contribution in [3.63, 3.8) is 0 Å². The Labute approximate surface area is 107 Å². The molecule has 1 heterocycles. The van der Waals surface area contributed by atoms with E-state index in [9.17, 15) is 4.79 Å². The molecule has 2 rings (SSSR count). The predicted molar refractivity (Wildman–Crippen MR) is 67.8 cm³/mol. The lowest BCUT2D eigenvalue weighted by Crippen LogP contribution is -2.52. The molecule has 0 radical (unpaired) electrons. The van der Waals surface area contributed by atoms with Gasteiger partial charge in [0.15, 0.2) is 0 Å². The van der Waals surface area contributed by atoms with Crippen LogP contribution in [0, 0.1) is 0 Å². The largest absolute Gasteiger partial charge is 0.296 e. The zero-order valence-corrected chi connectivity index (χ0v) is 10.0. The van der Waals surface area contributed by atoms with Crippen LogP contribution in [0.1, 0.15) is 10.4 Å². The van der Waals surface area contributed by atoms with Crippen molar-refractivity contribution >= 4 is 41.5 Å². The minimum atomic E-state index is -1.47. The third-order valence-corrected chi connectivity index (χ3v) is 2.73. The van der Waals surface area contributed by atoms with Crippen LogP contribution in [-0.4, -0.2) is 24.2 Å². The number of nitrogens with zero attached hydrogens (tertiary/aromatic N) is 2. The third kappa shape index (κ3) is 2.46. The summed E-state index contributed by atoms with van der Waals surface area (Å²) in [5, 5.41) is 2.91. The van der Waals surface area contributed by atoms with E-state index in [2.05, 4.69) is 15.3 Å². The second-order valence-corrected chi connectivity index (χ2v) is 4.15. The van der Waals surface area contributed by atoms with Gasteiger partial charge in [0.2, 0.25) is 0 Å². The standard InChI is InChI=1S/C10H8Cl2N4O/c11-6-2-1-3-7(12)8(6)9(17)16-10(13)14-4-5-15-10/h1-5H,13H2,(H,16,17). The monoisotopic (exact) mass is 270 g/mol. The van der Waals surface area contributed by atoms with E-state index in [1.807, 2.05) is 0 Å². The summed E-state index contributed by atoms with van der Waals surface area (Å²) < 4.78 is 0. The maximum absolute atomic E-state index is 11.9. The van der Waals surface area contributed by atoms with Gasteiger partial charge in [0.05, 0.1) is 15.6 Å². The summed E-state index contributed by atoms with van der Waals surface area (Å²) in [4.78, 5) is 19.5. The zero-order chi connectivity index (χ0) is 12.5. The Kier molecular flexibility index (Phi) is 3.15. The lowest BCUT2D eigenvalue weighted by molar-refractivity contribution is 0.0910. The highest BCUT2D eigenvalue weighted by molar-refractivity contribution is 6.39. The molecule has 0 saturated heterocycles. The average molecular weight is 271 g/mol. The second-order valence-electron chi connectivity index (χ2n) is 3.33. The first kappa shape index (κ1) is 12.0. The highest BCUT2D eigenvalue weighted by Gasteiger charge is 2.28. The maximum atomic E-state index is 11.9. The number of hydrogen-bond acceptors (Lipinski definition) is 4. The first-order valence-electron chi connectivity index (χ1n) is 4.66. The third-order valence-electron chi connectivity index (χ3n) is 2.10. The van der Waals surface area contributed by atoms with Gasteiger partial charge in [-0.15, -0.1) is 0 Å². The van der Waals surface area contributed by atoms with Crippen LogP contribution in [-0.2, 0) is 0 Å². The van der Waals surface area contributed by atoms with Crippen LogP contribution in [0.3, 0.4) is 0 Å². The fraction of sp³-hybridized carbons (Fsp3) is 0.100. The van der Waals surface area contributed by atoms with E-state index in [-0.39, 0.29) is 15.6 Å². The maximum Gasteiger partial charge on any atom is 0.286 e. The number of benzene rings is 1. The van der Waals surface area contributed by atoms with Crippen LogP contribution in [0.15, 0.2) is 28.2 Å². The summed E-state index contributed by atoms with van der Waals surface area (Å²) in [6, 6.07) is 4.77. The molecular formula is C10H8Cl2N4O. The molecule has 1 aliphatic heterocycles. The average Bonchev–Trinajstić information content (AvgIpc) is 2.64.